The van der Waals surface area contributed by atoms with Crippen LogP contribution in [0.4, 0.5) is 17.1 Å². The summed E-state index contributed by atoms with van der Waals surface area (Å²) in [7, 11) is 1.69. The van der Waals surface area contributed by atoms with E-state index in [1.165, 1.54) is 18.2 Å². The average Bonchev–Trinajstić information content (AvgIpc) is 2.58. The molecule has 0 fully saturated rings. The highest BCUT2D eigenvalue weighted by atomic mass is 16.6. The molecule has 0 aliphatic rings. The van der Waals surface area contributed by atoms with Crippen molar-refractivity contribution in [1.82, 2.24) is 0 Å². The Morgan fingerprint density at radius 1 is 1.07 bits per heavy atom. The molecule has 0 aliphatic heterocycles. The molecule has 0 bridgehead atoms. The van der Waals surface area contributed by atoms with Crippen LogP contribution in [0.15, 0.2) is 36.4 Å². The van der Waals surface area contributed by atoms with Gasteiger partial charge in [-0.25, -0.2) is 0 Å². The van der Waals surface area contributed by atoms with Crippen LogP contribution in [-0.4, -0.2) is 23.8 Å². The van der Waals surface area contributed by atoms with Gasteiger partial charge in [-0.1, -0.05) is 29.8 Å². The van der Waals surface area contributed by atoms with Gasteiger partial charge in [0, 0.05) is 31.6 Å². The first-order valence-corrected chi connectivity index (χ1v) is 8.58. The molecular weight excluding hydrogens is 346 g/mol. The summed E-state index contributed by atoms with van der Waals surface area (Å²) < 4.78 is 0. The van der Waals surface area contributed by atoms with Gasteiger partial charge >= 0.3 is 0 Å². The van der Waals surface area contributed by atoms with Gasteiger partial charge in [-0.3, -0.25) is 19.7 Å². The molecule has 0 radical (unpaired) electrons. The zero-order valence-electron chi connectivity index (χ0n) is 15.9. The Hall–Kier alpha value is -3.22. The molecule has 0 atom stereocenters. The number of hydrogen-bond acceptors (Lipinski definition) is 4. The smallest absolute Gasteiger partial charge is 0.292 e. The Kier molecular flexibility index (Phi) is 6.28. The Labute approximate surface area is 158 Å². The van der Waals surface area contributed by atoms with Crippen LogP contribution in [0.1, 0.15) is 29.5 Å². The minimum absolute atomic E-state index is 0.00964. The lowest BCUT2D eigenvalue weighted by atomic mass is 10.0. The van der Waals surface area contributed by atoms with Crippen molar-refractivity contribution in [2.45, 2.75) is 33.6 Å². The summed E-state index contributed by atoms with van der Waals surface area (Å²) in [4.78, 5) is 36.6. The molecule has 0 aromatic heterocycles. The van der Waals surface area contributed by atoms with Crippen LogP contribution in [0.3, 0.4) is 0 Å². The molecule has 2 aromatic carbocycles. The molecule has 0 unspecified atom stereocenters. The highest BCUT2D eigenvalue weighted by Crippen LogP contribution is 2.26. The number of nitrogens with one attached hydrogen (secondary N) is 1. The predicted molar refractivity (Wildman–Crippen MR) is 105 cm³/mol. The van der Waals surface area contributed by atoms with E-state index in [1.807, 2.05) is 32.9 Å². The standard InChI is InChI=1S/C20H23N3O4/c1-13-11-14(2)20(15(3)12-13)22(4)19(25)10-9-18(24)21-16-7-5-6-8-17(16)23(26)27/h5-8,11-12H,9-10H2,1-4H3,(H,21,24). The van der Waals surface area contributed by atoms with E-state index in [1.54, 1.807) is 18.0 Å². The minimum atomic E-state index is -0.558. The van der Waals surface area contributed by atoms with Crippen molar-refractivity contribution in [2.24, 2.45) is 0 Å². The first-order valence-electron chi connectivity index (χ1n) is 8.58. The van der Waals surface area contributed by atoms with Crippen LogP contribution in [0.5, 0.6) is 0 Å². The number of amides is 2. The highest BCUT2D eigenvalue weighted by molar-refractivity contribution is 5.99. The number of carbonyl (C=O) groups excluding carboxylic acids is 2. The Morgan fingerprint density at radius 2 is 1.67 bits per heavy atom. The Bertz CT molecular complexity index is 870. The van der Waals surface area contributed by atoms with Gasteiger partial charge in [0.1, 0.15) is 5.69 Å². The average molecular weight is 369 g/mol. The van der Waals surface area contributed by atoms with Gasteiger partial charge in [0.25, 0.3) is 5.69 Å². The number of hydrogen-bond donors (Lipinski definition) is 1. The lowest BCUT2D eigenvalue weighted by molar-refractivity contribution is -0.383. The van der Waals surface area contributed by atoms with E-state index in [2.05, 4.69) is 5.32 Å². The van der Waals surface area contributed by atoms with Crippen molar-refractivity contribution >= 4 is 28.9 Å². The van der Waals surface area contributed by atoms with Crippen LogP contribution in [0.2, 0.25) is 0 Å². The molecular formula is C20H23N3O4. The van der Waals surface area contributed by atoms with E-state index in [-0.39, 0.29) is 30.1 Å². The molecule has 2 rings (SSSR count). The molecule has 2 aromatic rings. The fourth-order valence-corrected chi connectivity index (χ4v) is 3.17. The Morgan fingerprint density at radius 3 is 2.26 bits per heavy atom. The van der Waals surface area contributed by atoms with Gasteiger partial charge < -0.3 is 10.2 Å². The zero-order valence-corrected chi connectivity index (χ0v) is 15.9. The van der Waals surface area contributed by atoms with E-state index >= 15 is 0 Å². The van der Waals surface area contributed by atoms with Gasteiger partial charge in [0.15, 0.2) is 0 Å². The number of aryl methyl sites for hydroxylation is 3. The van der Waals surface area contributed by atoms with E-state index in [0.717, 1.165) is 22.4 Å². The predicted octanol–water partition coefficient (Wildman–Crippen LogP) is 3.90. The van der Waals surface area contributed by atoms with Gasteiger partial charge in [-0.15, -0.1) is 0 Å². The van der Waals surface area contributed by atoms with Crippen molar-refractivity contribution in [3.05, 3.63) is 63.2 Å². The molecule has 0 aliphatic carbocycles. The molecule has 0 heterocycles. The van der Waals surface area contributed by atoms with Crippen molar-refractivity contribution < 1.29 is 14.5 Å². The summed E-state index contributed by atoms with van der Waals surface area (Å²) in [6, 6.07) is 9.92. The fraction of sp³-hybridized carbons (Fsp3) is 0.300. The zero-order chi connectivity index (χ0) is 20.1. The molecule has 0 saturated carbocycles. The number of nitro groups is 1. The van der Waals surface area contributed by atoms with Crippen LogP contribution in [-0.2, 0) is 9.59 Å². The van der Waals surface area contributed by atoms with Crippen LogP contribution < -0.4 is 10.2 Å². The highest BCUT2D eigenvalue weighted by Gasteiger charge is 2.19. The second-order valence-corrected chi connectivity index (χ2v) is 6.52. The molecule has 7 heteroatoms. The fourth-order valence-electron chi connectivity index (χ4n) is 3.17. The van der Waals surface area contributed by atoms with Crippen molar-refractivity contribution in [1.29, 1.82) is 0 Å². The van der Waals surface area contributed by atoms with E-state index in [9.17, 15) is 19.7 Å². The Balaban J connectivity index is 2.01. The molecule has 1 N–H and O–H groups in total. The van der Waals surface area contributed by atoms with Gasteiger partial charge in [-0.05, 0) is 38.0 Å². The maximum atomic E-state index is 12.5. The van der Waals surface area contributed by atoms with Crippen molar-refractivity contribution in [2.75, 3.05) is 17.3 Å². The number of rotatable bonds is 6. The van der Waals surface area contributed by atoms with Gasteiger partial charge in [0.2, 0.25) is 11.8 Å². The normalized spacial score (nSPS) is 10.4. The second-order valence-electron chi connectivity index (χ2n) is 6.52. The largest absolute Gasteiger partial charge is 0.320 e. The maximum absolute atomic E-state index is 12.5. The summed E-state index contributed by atoms with van der Waals surface area (Å²) in [5.41, 5.74) is 3.89. The number of benzene rings is 2. The number of nitro benzene ring substituents is 1. The van der Waals surface area contributed by atoms with E-state index in [0.29, 0.717) is 0 Å². The lowest BCUT2D eigenvalue weighted by Crippen LogP contribution is -2.28. The maximum Gasteiger partial charge on any atom is 0.292 e. The number of para-hydroxylation sites is 2. The second kappa shape index (κ2) is 8.44. The molecule has 2 amide bonds. The van der Waals surface area contributed by atoms with Gasteiger partial charge in [-0.2, -0.15) is 0 Å². The third kappa shape index (κ3) is 4.91. The minimum Gasteiger partial charge on any atom is -0.320 e. The molecule has 7 nitrogen and oxygen atoms in total. The first kappa shape index (κ1) is 20.1. The van der Waals surface area contributed by atoms with Crippen molar-refractivity contribution in [3.8, 4) is 0 Å². The third-order valence-corrected chi connectivity index (χ3v) is 4.29. The lowest BCUT2D eigenvalue weighted by Gasteiger charge is -2.22. The van der Waals surface area contributed by atoms with Gasteiger partial charge in [0.05, 0.1) is 4.92 Å². The van der Waals surface area contributed by atoms with Crippen LogP contribution in [0.25, 0.3) is 0 Å². The summed E-state index contributed by atoms with van der Waals surface area (Å²) in [5.74, 6) is -0.633. The quantitative estimate of drug-likeness (QED) is 0.617. The molecule has 0 saturated heterocycles. The van der Waals surface area contributed by atoms with E-state index < -0.39 is 10.8 Å². The topological polar surface area (TPSA) is 92.6 Å². The van der Waals surface area contributed by atoms with Crippen molar-refractivity contribution in [3.63, 3.8) is 0 Å². The molecule has 27 heavy (non-hydrogen) atoms. The summed E-state index contributed by atoms with van der Waals surface area (Å²) in [5, 5.41) is 13.5. The van der Waals surface area contributed by atoms with Crippen LogP contribution >= 0.6 is 0 Å². The number of anilines is 2. The number of nitrogens with zero attached hydrogens (tertiary/aromatic N) is 2. The SMILES string of the molecule is Cc1cc(C)c(N(C)C(=O)CCC(=O)Nc2ccccc2[N+](=O)[O-])c(C)c1. The van der Waals surface area contributed by atoms with E-state index in [4.69, 9.17) is 0 Å². The molecule has 0 spiro atoms. The first-order chi connectivity index (χ1) is 12.7. The summed E-state index contributed by atoms with van der Waals surface area (Å²) >= 11 is 0. The molecule has 142 valence electrons. The monoisotopic (exact) mass is 369 g/mol. The summed E-state index contributed by atoms with van der Waals surface area (Å²) in [6.07, 6.45) is -0.0467. The van der Waals surface area contributed by atoms with Crippen LogP contribution in [0, 0.1) is 30.9 Å². The summed E-state index contributed by atoms with van der Waals surface area (Å²) in [6.45, 7) is 5.89. The number of carbonyl (C=O) groups is 2. The third-order valence-electron chi connectivity index (χ3n) is 4.29.